The molecule has 0 amide bonds. The van der Waals surface area contributed by atoms with E-state index in [0.717, 1.165) is 38.9 Å². The summed E-state index contributed by atoms with van der Waals surface area (Å²) in [5, 5.41) is 9.04. The van der Waals surface area contributed by atoms with Gasteiger partial charge in [-0.25, -0.2) is 0 Å². The summed E-state index contributed by atoms with van der Waals surface area (Å²) in [6, 6.07) is 0.666. The first kappa shape index (κ1) is 12.0. The van der Waals surface area contributed by atoms with Crippen LogP contribution in [0.5, 0.6) is 0 Å². The number of nitrogens with zero attached hydrogens (tertiary/aromatic N) is 1. The van der Waals surface area contributed by atoms with Crippen molar-refractivity contribution >= 4 is 0 Å². The van der Waals surface area contributed by atoms with Crippen molar-refractivity contribution in [3.05, 3.63) is 0 Å². The molecule has 0 saturated carbocycles. The molecule has 1 rings (SSSR count). The Morgan fingerprint density at radius 3 is 2.50 bits per heavy atom. The van der Waals surface area contributed by atoms with Crippen molar-refractivity contribution in [3.8, 4) is 0 Å². The fourth-order valence-electron chi connectivity index (χ4n) is 2.34. The summed E-state index contributed by atoms with van der Waals surface area (Å²) in [5.41, 5.74) is 5.60. The summed E-state index contributed by atoms with van der Waals surface area (Å²) in [4.78, 5) is 2.54. The van der Waals surface area contributed by atoms with Crippen LogP contribution in [-0.4, -0.2) is 42.3 Å². The molecule has 1 atom stereocenters. The Morgan fingerprint density at radius 2 is 2.07 bits per heavy atom. The van der Waals surface area contributed by atoms with Crippen LogP contribution in [0.1, 0.15) is 32.6 Å². The van der Waals surface area contributed by atoms with Gasteiger partial charge in [-0.2, -0.15) is 0 Å². The van der Waals surface area contributed by atoms with Gasteiger partial charge < -0.3 is 15.7 Å². The number of aliphatic hydroxyl groups is 1. The van der Waals surface area contributed by atoms with E-state index in [9.17, 15) is 0 Å². The molecule has 1 aliphatic rings. The van der Waals surface area contributed by atoms with Crippen LogP contribution in [-0.2, 0) is 0 Å². The van der Waals surface area contributed by atoms with E-state index in [1.54, 1.807) is 0 Å². The van der Waals surface area contributed by atoms with Crippen molar-refractivity contribution in [3.63, 3.8) is 0 Å². The second-order valence-electron chi connectivity index (χ2n) is 4.30. The lowest BCUT2D eigenvalue weighted by Gasteiger charge is -2.36. The molecule has 1 heterocycles. The highest BCUT2D eigenvalue weighted by molar-refractivity contribution is 4.77. The van der Waals surface area contributed by atoms with Crippen molar-refractivity contribution in [2.24, 2.45) is 11.7 Å². The number of nitrogens with two attached hydrogens (primary N) is 1. The first-order valence-corrected chi connectivity index (χ1v) is 5.86. The van der Waals surface area contributed by atoms with Crippen molar-refractivity contribution < 1.29 is 5.11 Å². The SMILES string of the molecule is CCC(CCN)N1CCC(CO)CC1. The molecule has 0 aliphatic carbocycles. The summed E-state index contributed by atoms with van der Waals surface area (Å²) in [7, 11) is 0. The largest absolute Gasteiger partial charge is 0.396 e. The van der Waals surface area contributed by atoms with E-state index < -0.39 is 0 Å². The Kier molecular flexibility index (Phi) is 5.45. The van der Waals surface area contributed by atoms with Crippen molar-refractivity contribution in [2.45, 2.75) is 38.6 Å². The van der Waals surface area contributed by atoms with Crippen molar-refractivity contribution in [1.82, 2.24) is 4.90 Å². The Morgan fingerprint density at radius 1 is 1.43 bits per heavy atom. The molecule has 84 valence electrons. The lowest BCUT2D eigenvalue weighted by molar-refractivity contribution is 0.0955. The fourth-order valence-corrected chi connectivity index (χ4v) is 2.34. The number of likely N-dealkylation sites (tertiary alicyclic amines) is 1. The molecule has 0 aromatic rings. The predicted molar refractivity (Wildman–Crippen MR) is 59.1 cm³/mol. The van der Waals surface area contributed by atoms with Gasteiger partial charge in [-0.3, -0.25) is 0 Å². The highest BCUT2D eigenvalue weighted by atomic mass is 16.3. The maximum Gasteiger partial charge on any atom is 0.0460 e. The lowest BCUT2D eigenvalue weighted by atomic mass is 9.95. The molecule has 1 saturated heterocycles. The van der Waals surface area contributed by atoms with E-state index in [-0.39, 0.29) is 0 Å². The topological polar surface area (TPSA) is 49.5 Å². The number of hydrogen-bond donors (Lipinski definition) is 2. The van der Waals surface area contributed by atoms with Crippen LogP contribution >= 0.6 is 0 Å². The Bertz CT molecular complexity index is 144. The first-order valence-electron chi connectivity index (χ1n) is 5.86. The van der Waals surface area contributed by atoms with E-state index in [4.69, 9.17) is 10.8 Å². The van der Waals surface area contributed by atoms with E-state index in [2.05, 4.69) is 11.8 Å². The standard InChI is InChI=1S/C11H24N2O/c1-2-11(3-6-12)13-7-4-10(9-14)5-8-13/h10-11,14H,2-9,12H2,1H3. The Balaban J connectivity index is 2.31. The zero-order valence-electron chi connectivity index (χ0n) is 9.28. The number of aliphatic hydroxyl groups excluding tert-OH is 1. The Hall–Kier alpha value is -0.120. The summed E-state index contributed by atoms with van der Waals surface area (Å²) >= 11 is 0. The summed E-state index contributed by atoms with van der Waals surface area (Å²) < 4.78 is 0. The third kappa shape index (κ3) is 3.23. The van der Waals surface area contributed by atoms with Crippen LogP contribution in [0, 0.1) is 5.92 Å². The highest BCUT2D eigenvalue weighted by Crippen LogP contribution is 2.20. The van der Waals surface area contributed by atoms with Crippen LogP contribution < -0.4 is 5.73 Å². The molecular weight excluding hydrogens is 176 g/mol. The third-order valence-electron chi connectivity index (χ3n) is 3.39. The molecule has 3 N–H and O–H groups in total. The van der Waals surface area contributed by atoms with E-state index in [0.29, 0.717) is 18.6 Å². The van der Waals surface area contributed by atoms with Gasteiger partial charge in [0.05, 0.1) is 0 Å². The van der Waals surface area contributed by atoms with Crippen LogP contribution in [0.4, 0.5) is 0 Å². The summed E-state index contributed by atoms with van der Waals surface area (Å²) in [5.74, 6) is 0.543. The van der Waals surface area contributed by atoms with Gasteiger partial charge in [0.1, 0.15) is 0 Å². The zero-order chi connectivity index (χ0) is 10.4. The quantitative estimate of drug-likeness (QED) is 0.691. The first-order chi connectivity index (χ1) is 6.81. The van der Waals surface area contributed by atoms with Crippen LogP contribution in [0.25, 0.3) is 0 Å². The average molecular weight is 200 g/mol. The minimum Gasteiger partial charge on any atom is -0.396 e. The molecule has 3 nitrogen and oxygen atoms in total. The Labute approximate surface area is 87.3 Å². The smallest absolute Gasteiger partial charge is 0.0460 e. The fraction of sp³-hybridized carbons (Fsp3) is 1.00. The van der Waals surface area contributed by atoms with Crippen LogP contribution in [0.15, 0.2) is 0 Å². The van der Waals surface area contributed by atoms with Crippen molar-refractivity contribution in [2.75, 3.05) is 26.2 Å². The molecule has 1 aliphatic heterocycles. The molecule has 3 heteroatoms. The molecule has 0 spiro atoms. The van der Waals surface area contributed by atoms with Gasteiger partial charge in [-0.05, 0) is 51.2 Å². The molecule has 0 bridgehead atoms. The van der Waals surface area contributed by atoms with E-state index in [1.165, 1.54) is 6.42 Å². The maximum absolute atomic E-state index is 9.04. The van der Waals surface area contributed by atoms with Gasteiger partial charge in [0.25, 0.3) is 0 Å². The number of hydrogen-bond acceptors (Lipinski definition) is 3. The van der Waals surface area contributed by atoms with Crippen LogP contribution in [0.3, 0.4) is 0 Å². The van der Waals surface area contributed by atoms with Crippen molar-refractivity contribution in [1.29, 1.82) is 0 Å². The lowest BCUT2D eigenvalue weighted by Crippen LogP contribution is -2.42. The van der Waals surface area contributed by atoms with Gasteiger partial charge in [-0.1, -0.05) is 6.92 Å². The summed E-state index contributed by atoms with van der Waals surface area (Å²) in [6.45, 7) is 5.67. The number of piperidine rings is 1. The third-order valence-corrected chi connectivity index (χ3v) is 3.39. The molecular formula is C11H24N2O. The van der Waals surface area contributed by atoms with Gasteiger partial charge >= 0.3 is 0 Å². The van der Waals surface area contributed by atoms with Gasteiger partial charge in [0.2, 0.25) is 0 Å². The summed E-state index contributed by atoms with van der Waals surface area (Å²) in [6.07, 6.45) is 4.61. The van der Waals surface area contributed by atoms with Gasteiger partial charge in [0, 0.05) is 12.6 Å². The molecule has 1 unspecified atom stereocenters. The molecule has 0 aromatic carbocycles. The number of rotatable bonds is 5. The predicted octanol–water partition coefficient (Wildman–Crippen LogP) is 0.818. The molecule has 0 aromatic heterocycles. The highest BCUT2D eigenvalue weighted by Gasteiger charge is 2.22. The second-order valence-corrected chi connectivity index (χ2v) is 4.30. The average Bonchev–Trinajstić information content (AvgIpc) is 2.26. The van der Waals surface area contributed by atoms with Gasteiger partial charge in [0.15, 0.2) is 0 Å². The maximum atomic E-state index is 9.04. The van der Waals surface area contributed by atoms with Gasteiger partial charge in [-0.15, -0.1) is 0 Å². The second kappa shape index (κ2) is 6.38. The normalized spacial score (nSPS) is 22.5. The molecule has 14 heavy (non-hydrogen) atoms. The monoisotopic (exact) mass is 200 g/mol. The van der Waals surface area contributed by atoms with E-state index >= 15 is 0 Å². The zero-order valence-corrected chi connectivity index (χ0v) is 9.28. The molecule has 1 fully saturated rings. The van der Waals surface area contributed by atoms with Crippen LogP contribution in [0.2, 0.25) is 0 Å². The minimum absolute atomic E-state index is 0.363. The van der Waals surface area contributed by atoms with E-state index in [1.807, 2.05) is 0 Å². The minimum atomic E-state index is 0.363. The molecule has 0 radical (unpaired) electrons.